The molecule has 0 radical (unpaired) electrons. The molecule has 3 rings (SSSR count). The summed E-state index contributed by atoms with van der Waals surface area (Å²) in [5.74, 6) is -0.840. The number of aryl methyl sites for hydroxylation is 2. The molecular formula is C16H20FN5O3S. The van der Waals surface area contributed by atoms with Gasteiger partial charge in [0.05, 0.1) is 6.33 Å². The standard InChI is InChI=1S/C16H20FN5O3S/c1-11-3-4-12(7-13(11)17)20-16(23)14-8-22(6-5-18-14)26(24,25)15-9-21(2)10-19-15/h3-4,7,9-10,14,18H,5-6,8H2,1-2H3,(H,20,23). The van der Waals surface area contributed by atoms with Crippen molar-refractivity contribution in [3.05, 3.63) is 42.1 Å². The van der Waals surface area contributed by atoms with Crippen molar-refractivity contribution in [3.63, 3.8) is 0 Å². The Kier molecular flexibility index (Phi) is 5.08. The molecule has 26 heavy (non-hydrogen) atoms. The van der Waals surface area contributed by atoms with Crippen LogP contribution in [-0.4, -0.2) is 53.9 Å². The van der Waals surface area contributed by atoms with Crippen molar-refractivity contribution in [2.75, 3.05) is 25.0 Å². The molecule has 1 aromatic heterocycles. The van der Waals surface area contributed by atoms with Crippen LogP contribution in [0, 0.1) is 12.7 Å². The van der Waals surface area contributed by atoms with Gasteiger partial charge in [0.1, 0.15) is 11.9 Å². The van der Waals surface area contributed by atoms with E-state index in [0.29, 0.717) is 17.8 Å². The van der Waals surface area contributed by atoms with Crippen molar-refractivity contribution in [3.8, 4) is 0 Å². The van der Waals surface area contributed by atoms with Gasteiger partial charge in [-0.1, -0.05) is 6.07 Å². The molecule has 0 bridgehead atoms. The van der Waals surface area contributed by atoms with Gasteiger partial charge in [0, 0.05) is 38.6 Å². The molecule has 2 heterocycles. The first-order valence-electron chi connectivity index (χ1n) is 8.06. The Morgan fingerprint density at radius 1 is 1.42 bits per heavy atom. The number of nitrogens with one attached hydrogen (secondary N) is 2. The number of carbonyl (C=O) groups excluding carboxylic acids is 1. The summed E-state index contributed by atoms with van der Waals surface area (Å²) >= 11 is 0. The van der Waals surface area contributed by atoms with E-state index in [0.717, 1.165) is 0 Å². The van der Waals surface area contributed by atoms with E-state index in [-0.39, 0.29) is 18.1 Å². The summed E-state index contributed by atoms with van der Waals surface area (Å²) in [6.07, 6.45) is 2.83. The predicted octanol–water partition coefficient (Wildman–Crippen LogP) is 0.469. The first kappa shape index (κ1) is 18.5. The van der Waals surface area contributed by atoms with Gasteiger partial charge in [-0.15, -0.1) is 0 Å². The smallest absolute Gasteiger partial charge is 0.262 e. The average Bonchev–Trinajstić information content (AvgIpc) is 3.05. The van der Waals surface area contributed by atoms with Crippen molar-refractivity contribution < 1.29 is 17.6 Å². The molecule has 0 aliphatic carbocycles. The fraction of sp³-hybridized carbons (Fsp3) is 0.375. The molecule has 1 aliphatic rings. The molecule has 0 saturated carbocycles. The fourth-order valence-corrected chi connectivity index (χ4v) is 4.09. The second kappa shape index (κ2) is 7.14. The van der Waals surface area contributed by atoms with E-state index >= 15 is 0 Å². The number of nitrogens with zero attached hydrogens (tertiary/aromatic N) is 3. The molecule has 1 saturated heterocycles. The summed E-state index contributed by atoms with van der Waals surface area (Å²) in [5, 5.41) is 5.55. The molecule has 1 fully saturated rings. The van der Waals surface area contributed by atoms with Crippen molar-refractivity contribution in [2.45, 2.75) is 18.0 Å². The summed E-state index contributed by atoms with van der Waals surface area (Å²) in [6, 6.07) is 3.66. The Bertz CT molecular complexity index is 928. The van der Waals surface area contributed by atoms with Crippen LogP contribution in [0.5, 0.6) is 0 Å². The van der Waals surface area contributed by atoms with Crippen LogP contribution in [0.1, 0.15) is 5.56 Å². The zero-order chi connectivity index (χ0) is 18.9. The minimum Gasteiger partial charge on any atom is -0.339 e. The number of imidazole rings is 1. The first-order chi connectivity index (χ1) is 12.3. The topological polar surface area (TPSA) is 96.3 Å². The molecule has 1 atom stereocenters. The third-order valence-corrected chi connectivity index (χ3v) is 5.93. The molecule has 8 nitrogen and oxygen atoms in total. The van der Waals surface area contributed by atoms with E-state index in [1.165, 1.54) is 22.9 Å². The third kappa shape index (κ3) is 3.76. The van der Waals surface area contributed by atoms with E-state index < -0.39 is 27.8 Å². The summed E-state index contributed by atoms with van der Waals surface area (Å²) in [4.78, 5) is 16.3. The quantitative estimate of drug-likeness (QED) is 0.803. The Hall–Kier alpha value is -2.30. The maximum atomic E-state index is 13.6. The zero-order valence-corrected chi connectivity index (χ0v) is 15.3. The summed E-state index contributed by atoms with van der Waals surface area (Å²) < 4.78 is 41.7. The van der Waals surface area contributed by atoms with Gasteiger partial charge in [-0.25, -0.2) is 17.8 Å². The highest BCUT2D eigenvalue weighted by molar-refractivity contribution is 7.89. The highest BCUT2D eigenvalue weighted by atomic mass is 32.2. The van der Waals surface area contributed by atoms with Gasteiger partial charge in [-0.05, 0) is 24.6 Å². The second-order valence-electron chi connectivity index (χ2n) is 6.20. The van der Waals surface area contributed by atoms with Gasteiger partial charge >= 0.3 is 0 Å². The van der Waals surface area contributed by atoms with E-state index in [4.69, 9.17) is 0 Å². The van der Waals surface area contributed by atoms with Gasteiger partial charge in [0.15, 0.2) is 5.03 Å². The average molecular weight is 381 g/mol. The van der Waals surface area contributed by atoms with Crippen LogP contribution >= 0.6 is 0 Å². The molecule has 140 valence electrons. The van der Waals surface area contributed by atoms with Crippen LogP contribution in [0.3, 0.4) is 0 Å². The summed E-state index contributed by atoms with van der Waals surface area (Å²) in [6.45, 7) is 2.16. The Balaban J connectivity index is 1.71. The maximum absolute atomic E-state index is 13.6. The molecule has 1 aromatic carbocycles. The molecule has 1 amide bonds. The van der Waals surface area contributed by atoms with Crippen molar-refractivity contribution in [2.24, 2.45) is 7.05 Å². The molecule has 10 heteroatoms. The van der Waals surface area contributed by atoms with Crippen LogP contribution in [-0.2, 0) is 21.9 Å². The third-order valence-electron chi connectivity index (χ3n) is 4.18. The number of anilines is 1. The number of halogens is 1. The first-order valence-corrected chi connectivity index (χ1v) is 9.50. The molecular weight excluding hydrogens is 361 g/mol. The van der Waals surface area contributed by atoms with Crippen LogP contribution < -0.4 is 10.6 Å². The minimum atomic E-state index is -3.77. The predicted molar refractivity (Wildman–Crippen MR) is 93.5 cm³/mol. The van der Waals surface area contributed by atoms with E-state index in [1.54, 1.807) is 30.7 Å². The fourth-order valence-electron chi connectivity index (χ4n) is 2.67. The van der Waals surface area contributed by atoms with Gasteiger partial charge in [0.25, 0.3) is 10.0 Å². The van der Waals surface area contributed by atoms with Crippen molar-refractivity contribution in [1.82, 2.24) is 19.2 Å². The number of benzene rings is 1. The normalized spacial score (nSPS) is 18.7. The highest BCUT2D eigenvalue weighted by Crippen LogP contribution is 2.17. The Morgan fingerprint density at radius 2 is 2.19 bits per heavy atom. The van der Waals surface area contributed by atoms with Gasteiger partial charge < -0.3 is 15.2 Å². The van der Waals surface area contributed by atoms with Gasteiger partial charge in [-0.3, -0.25) is 4.79 Å². The number of aromatic nitrogens is 2. The molecule has 2 N–H and O–H groups in total. The number of piperazine rings is 1. The number of hydrogen-bond acceptors (Lipinski definition) is 5. The number of carbonyl (C=O) groups is 1. The zero-order valence-electron chi connectivity index (χ0n) is 14.4. The Morgan fingerprint density at radius 3 is 2.85 bits per heavy atom. The molecule has 1 unspecified atom stereocenters. The molecule has 2 aromatic rings. The lowest BCUT2D eigenvalue weighted by atomic mass is 10.2. The Labute approximate surface area is 151 Å². The van der Waals surface area contributed by atoms with E-state index in [9.17, 15) is 17.6 Å². The van der Waals surface area contributed by atoms with Gasteiger partial charge in [0.2, 0.25) is 5.91 Å². The lowest BCUT2D eigenvalue weighted by molar-refractivity contribution is -0.118. The lowest BCUT2D eigenvalue weighted by Gasteiger charge is -2.31. The summed E-state index contributed by atoms with van der Waals surface area (Å²) in [7, 11) is -2.09. The SMILES string of the molecule is Cc1ccc(NC(=O)C2CN(S(=O)(=O)c3cn(C)cn3)CCN2)cc1F. The second-order valence-corrected chi connectivity index (χ2v) is 8.09. The number of sulfonamides is 1. The summed E-state index contributed by atoms with van der Waals surface area (Å²) in [5.41, 5.74) is 0.802. The maximum Gasteiger partial charge on any atom is 0.262 e. The van der Waals surface area contributed by atoms with E-state index in [1.807, 2.05) is 0 Å². The molecule has 0 spiro atoms. The van der Waals surface area contributed by atoms with Crippen LogP contribution in [0.4, 0.5) is 10.1 Å². The molecule has 1 aliphatic heterocycles. The number of hydrogen-bond donors (Lipinski definition) is 2. The monoisotopic (exact) mass is 381 g/mol. The minimum absolute atomic E-state index is 0.0287. The number of amides is 1. The lowest BCUT2D eigenvalue weighted by Crippen LogP contribution is -2.57. The van der Waals surface area contributed by atoms with Crippen LogP contribution in [0.15, 0.2) is 35.7 Å². The van der Waals surface area contributed by atoms with E-state index in [2.05, 4.69) is 15.6 Å². The van der Waals surface area contributed by atoms with Crippen LogP contribution in [0.2, 0.25) is 0 Å². The number of rotatable bonds is 4. The highest BCUT2D eigenvalue weighted by Gasteiger charge is 2.34. The van der Waals surface area contributed by atoms with Crippen molar-refractivity contribution in [1.29, 1.82) is 0 Å². The van der Waals surface area contributed by atoms with Crippen LogP contribution in [0.25, 0.3) is 0 Å². The van der Waals surface area contributed by atoms with Gasteiger partial charge in [-0.2, -0.15) is 4.31 Å². The van der Waals surface area contributed by atoms with Crippen molar-refractivity contribution >= 4 is 21.6 Å². The largest absolute Gasteiger partial charge is 0.339 e.